The molecule has 0 aliphatic carbocycles. The third kappa shape index (κ3) is 4.34. The zero-order valence-corrected chi connectivity index (χ0v) is 17.8. The number of piperidine rings is 1. The molecule has 1 N–H and O–H groups in total. The van der Waals surface area contributed by atoms with E-state index in [1.54, 1.807) is 29.2 Å². The smallest absolute Gasteiger partial charge is 0.246 e. The first-order valence-electron chi connectivity index (χ1n) is 10.3. The Labute approximate surface area is 186 Å². The zero-order chi connectivity index (χ0) is 21.8. The molecule has 2 aromatic rings. The van der Waals surface area contributed by atoms with E-state index in [9.17, 15) is 14.9 Å². The minimum atomic E-state index is -0.483. The second-order valence-corrected chi connectivity index (χ2v) is 8.22. The van der Waals surface area contributed by atoms with Crippen molar-refractivity contribution in [3.05, 3.63) is 76.3 Å². The van der Waals surface area contributed by atoms with E-state index in [0.29, 0.717) is 43.1 Å². The van der Waals surface area contributed by atoms with Crippen LogP contribution in [0.1, 0.15) is 29.5 Å². The van der Waals surface area contributed by atoms with E-state index in [0.717, 1.165) is 11.1 Å². The van der Waals surface area contributed by atoms with Gasteiger partial charge in [-0.05, 0) is 29.3 Å². The average molecular weight is 435 g/mol. The van der Waals surface area contributed by atoms with Crippen molar-refractivity contribution in [3.8, 4) is 6.07 Å². The van der Waals surface area contributed by atoms with E-state index < -0.39 is 5.66 Å². The van der Waals surface area contributed by atoms with Gasteiger partial charge in [-0.1, -0.05) is 48.0 Å². The van der Waals surface area contributed by atoms with Gasteiger partial charge >= 0.3 is 0 Å². The molecule has 0 saturated carbocycles. The van der Waals surface area contributed by atoms with Crippen LogP contribution in [0, 0.1) is 11.3 Å². The van der Waals surface area contributed by atoms with E-state index >= 15 is 0 Å². The van der Waals surface area contributed by atoms with Crippen LogP contribution in [0.2, 0.25) is 5.02 Å². The minimum absolute atomic E-state index is 0.0196. The molecule has 2 aromatic carbocycles. The highest BCUT2D eigenvalue weighted by Gasteiger charge is 2.47. The quantitative estimate of drug-likeness (QED) is 0.750. The fourth-order valence-electron chi connectivity index (χ4n) is 4.27. The molecule has 1 spiro atoms. The van der Waals surface area contributed by atoms with Crippen molar-refractivity contribution < 1.29 is 9.59 Å². The first kappa shape index (κ1) is 21.1. The average Bonchev–Trinajstić information content (AvgIpc) is 3.09. The first-order chi connectivity index (χ1) is 15.0. The number of carbonyl (C=O) groups is 2. The Morgan fingerprint density at radius 2 is 1.87 bits per heavy atom. The molecular formula is C24H23ClN4O2. The van der Waals surface area contributed by atoms with E-state index in [4.69, 9.17) is 11.6 Å². The van der Waals surface area contributed by atoms with Crippen LogP contribution >= 0.6 is 11.6 Å². The Morgan fingerprint density at radius 1 is 1.16 bits per heavy atom. The van der Waals surface area contributed by atoms with E-state index in [1.807, 2.05) is 41.3 Å². The van der Waals surface area contributed by atoms with Gasteiger partial charge in [0.2, 0.25) is 11.8 Å². The Morgan fingerprint density at radius 3 is 2.61 bits per heavy atom. The molecule has 0 aromatic heterocycles. The summed E-state index contributed by atoms with van der Waals surface area (Å²) in [7, 11) is 0. The summed E-state index contributed by atoms with van der Waals surface area (Å²) in [6, 6.07) is 16.9. The number of amides is 2. The number of halogens is 1. The highest BCUT2D eigenvalue weighted by Crippen LogP contribution is 2.32. The Balaban J connectivity index is 1.43. The molecule has 6 nitrogen and oxygen atoms in total. The molecule has 0 atom stereocenters. The number of nitrogens with one attached hydrogen (secondary N) is 1. The molecule has 7 heteroatoms. The van der Waals surface area contributed by atoms with Gasteiger partial charge in [0.1, 0.15) is 0 Å². The summed E-state index contributed by atoms with van der Waals surface area (Å²) < 4.78 is 0. The van der Waals surface area contributed by atoms with Gasteiger partial charge in [0.25, 0.3) is 0 Å². The lowest BCUT2D eigenvalue weighted by Crippen LogP contribution is -2.58. The van der Waals surface area contributed by atoms with Crippen LogP contribution in [-0.4, -0.2) is 46.9 Å². The van der Waals surface area contributed by atoms with Crippen molar-refractivity contribution in [2.24, 2.45) is 0 Å². The lowest BCUT2D eigenvalue weighted by Gasteiger charge is -2.44. The largest absolute Gasteiger partial charge is 0.339 e. The van der Waals surface area contributed by atoms with E-state index in [1.165, 1.54) is 0 Å². The number of benzene rings is 2. The number of carbonyl (C=O) groups excluding carboxylic acids is 2. The van der Waals surface area contributed by atoms with Gasteiger partial charge in [-0.2, -0.15) is 5.26 Å². The summed E-state index contributed by atoms with van der Waals surface area (Å²) in [5, 5.41) is 13.4. The van der Waals surface area contributed by atoms with Crippen LogP contribution < -0.4 is 5.32 Å². The number of hydrogen-bond donors (Lipinski definition) is 1. The predicted molar refractivity (Wildman–Crippen MR) is 119 cm³/mol. The lowest BCUT2D eigenvalue weighted by atomic mass is 9.94. The van der Waals surface area contributed by atoms with Crippen molar-refractivity contribution in [2.45, 2.75) is 25.0 Å². The van der Waals surface area contributed by atoms with Crippen molar-refractivity contribution in [3.63, 3.8) is 0 Å². The molecule has 2 aliphatic rings. The van der Waals surface area contributed by atoms with Gasteiger partial charge < -0.3 is 9.80 Å². The Hall–Kier alpha value is -3.14. The number of rotatable bonds is 4. The third-order valence-corrected chi connectivity index (χ3v) is 6.41. The molecule has 0 radical (unpaired) electrons. The summed E-state index contributed by atoms with van der Waals surface area (Å²) in [5.41, 5.74) is 1.73. The van der Waals surface area contributed by atoms with Gasteiger partial charge in [0.05, 0.1) is 23.8 Å². The molecule has 2 fully saturated rings. The SMILES string of the molecule is N#Cc1ccccc1CN1C(=O)CNC12CCN(C(=O)C=Cc1ccccc1Cl)CC2. The molecule has 0 bridgehead atoms. The topological polar surface area (TPSA) is 76.4 Å². The van der Waals surface area contributed by atoms with Crippen LogP contribution in [0.4, 0.5) is 0 Å². The van der Waals surface area contributed by atoms with Crippen LogP contribution in [0.3, 0.4) is 0 Å². The third-order valence-electron chi connectivity index (χ3n) is 6.07. The number of nitriles is 1. The Kier molecular flexibility index (Phi) is 6.08. The van der Waals surface area contributed by atoms with Crippen LogP contribution in [0.25, 0.3) is 6.08 Å². The minimum Gasteiger partial charge on any atom is -0.339 e. The molecule has 0 unspecified atom stereocenters. The molecule has 2 heterocycles. The first-order valence-corrected chi connectivity index (χ1v) is 10.7. The molecule has 4 rings (SSSR count). The maximum atomic E-state index is 12.7. The predicted octanol–water partition coefficient (Wildman–Crippen LogP) is 3.18. The molecule has 31 heavy (non-hydrogen) atoms. The van der Waals surface area contributed by atoms with Crippen molar-refractivity contribution in [1.29, 1.82) is 5.26 Å². The summed E-state index contributed by atoms with van der Waals surface area (Å²) in [4.78, 5) is 28.9. The van der Waals surface area contributed by atoms with Gasteiger partial charge in [-0.25, -0.2) is 0 Å². The van der Waals surface area contributed by atoms with Crippen molar-refractivity contribution >= 4 is 29.5 Å². The fourth-order valence-corrected chi connectivity index (χ4v) is 4.47. The summed E-state index contributed by atoms with van der Waals surface area (Å²) in [6.07, 6.45) is 4.56. The van der Waals surface area contributed by atoms with Crippen molar-refractivity contribution in [1.82, 2.24) is 15.1 Å². The lowest BCUT2D eigenvalue weighted by molar-refractivity contribution is -0.134. The second-order valence-electron chi connectivity index (χ2n) is 7.81. The monoisotopic (exact) mass is 434 g/mol. The van der Waals surface area contributed by atoms with Crippen LogP contribution in [0.5, 0.6) is 0 Å². The molecule has 158 valence electrons. The molecule has 2 aliphatic heterocycles. The summed E-state index contributed by atoms with van der Waals surface area (Å²) in [5.74, 6) is -0.0494. The zero-order valence-electron chi connectivity index (χ0n) is 17.1. The molecule has 2 saturated heterocycles. The molecule has 2 amide bonds. The fraction of sp³-hybridized carbons (Fsp3) is 0.292. The normalized spacial score (nSPS) is 18.0. The summed E-state index contributed by atoms with van der Waals surface area (Å²) in [6.45, 7) is 1.75. The van der Waals surface area contributed by atoms with Crippen LogP contribution in [0.15, 0.2) is 54.6 Å². The van der Waals surface area contributed by atoms with Gasteiger partial charge in [-0.15, -0.1) is 0 Å². The van der Waals surface area contributed by atoms with Gasteiger partial charge in [0, 0.05) is 43.6 Å². The second kappa shape index (κ2) is 8.93. The maximum absolute atomic E-state index is 12.7. The van der Waals surface area contributed by atoms with E-state index in [2.05, 4.69) is 11.4 Å². The maximum Gasteiger partial charge on any atom is 0.246 e. The van der Waals surface area contributed by atoms with Gasteiger partial charge in [0.15, 0.2) is 0 Å². The van der Waals surface area contributed by atoms with Gasteiger partial charge in [-0.3, -0.25) is 14.9 Å². The van der Waals surface area contributed by atoms with Crippen LogP contribution in [-0.2, 0) is 16.1 Å². The van der Waals surface area contributed by atoms with Crippen molar-refractivity contribution in [2.75, 3.05) is 19.6 Å². The molecular weight excluding hydrogens is 412 g/mol. The number of likely N-dealkylation sites (tertiary alicyclic amines) is 1. The van der Waals surface area contributed by atoms with E-state index in [-0.39, 0.29) is 18.4 Å². The Bertz CT molecular complexity index is 1070. The number of nitrogens with zero attached hydrogens (tertiary/aromatic N) is 3. The highest BCUT2D eigenvalue weighted by atomic mass is 35.5. The number of hydrogen-bond acceptors (Lipinski definition) is 4. The highest BCUT2D eigenvalue weighted by molar-refractivity contribution is 6.32. The standard InChI is InChI=1S/C24H23ClN4O2/c25-21-8-4-3-5-18(21)9-10-22(30)28-13-11-24(12-14-28)27-16-23(31)29(24)17-20-7-2-1-6-19(20)15-26/h1-10,27H,11-14,16-17H2. The summed E-state index contributed by atoms with van der Waals surface area (Å²) >= 11 is 6.15.